The lowest BCUT2D eigenvalue weighted by molar-refractivity contribution is 0.221. The average Bonchev–Trinajstić information content (AvgIpc) is 3.53. The Labute approximate surface area is 234 Å². The van der Waals surface area contributed by atoms with E-state index in [4.69, 9.17) is 4.98 Å². The highest BCUT2D eigenvalue weighted by atomic mass is 16.3. The van der Waals surface area contributed by atoms with Crippen molar-refractivity contribution in [1.29, 1.82) is 5.26 Å². The highest BCUT2D eigenvalue weighted by molar-refractivity contribution is 5.65. The number of aliphatic hydroxyl groups is 1. The van der Waals surface area contributed by atoms with Gasteiger partial charge in [0.15, 0.2) is 0 Å². The molecule has 1 atom stereocenters. The summed E-state index contributed by atoms with van der Waals surface area (Å²) in [7, 11) is 0. The van der Waals surface area contributed by atoms with Crippen molar-refractivity contribution in [2.75, 3.05) is 0 Å². The molecule has 0 radical (unpaired) electrons. The van der Waals surface area contributed by atoms with Gasteiger partial charge in [-0.25, -0.2) is 4.98 Å². The van der Waals surface area contributed by atoms with Crippen LogP contribution in [0.5, 0.6) is 0 Å². The van der Waals surface area contributed by atoms with Crippen molar-refractivity contribution in [3.05, 3.63) is 185 Å². The summed E-state index contributed by atoms with van der Waals surface area (Å²) in [5.41, 5.74) is 6.14. The summed E-state index contributed by atoms with van der Waals surface area (Å²) >= 11 is 0. The zero-order chi connectivity index (χ0) is 27.4. The zero-order valence-electron chi connectivity index (χ0n) is 21.8. The van der Waals surface area contributed by atoms with Crippen molar-refractivity contribution in [1.82, 2.24) is 9.55 Å². The van der Waals surface area contributed by atoms with Gasteiger partial charge in [-0.1, -0.05) is 127 Å². The first-order valence-corrected chi connectivity index (χ1v) is 13.2. The van der Waals surface area contributed by atoms with E-state index in [0.29, 0.717) is 11.1 Å². The van der Waals surface area contributed by atoms with Crippen molar-refractivity contribution in [3.63, 3.8) is 0 Å². The number of aliphatic hydroxyl groups excluding tert-OH is 1. The molecule has 1 N–H and O–H groups in total. The molecule has 0 amide bonds. The first kappa shape index (κ1) is 25.1. The summed E-state index contributed by atoms with van der Waals surface area (Å²) < 4.78 is 2.17. The normalized spacial score (nSPS) is 12.0. The molecule has 0 saturated heterocycles. The minimum absolute atomic E-state index is 0.511. The minimum Gasteiger partial charge on any atom is -0.384 e. The number of imidazole rings is 1. The van der Waals surface area contributed by atoms with Crippen LogP contribution in [0.1, 0.15) is 39.5 Å². The van der Waals surface area contributed by atoms with Gasteiger partial charge in [0.25, 0.3) is 0 Å². The minimum atomic E-state index is -0.906. The molecule has 0 spiro atoms. The molecular weight excluding hydrogens is 490 g/mol. The number of nitrogens with zero attached hydrogens (tertiary/aromatic N) is 3. The van der Waals surface area contributed by atoms with Gasteiger partial charge in [-0.15, -0.1) is 0 Å². The van der Waals surface area contributed by atoms with Crippen molar-refractivity contribution < 1.29 is 5.11 Å². The van der Waals surface area contributed by atoms with Gasteiger partial charge in [0, 0.05) is 11.8 Å². The maximum atomic E-state index is 11.4. The Bertz CT molecular complexity index is 1670. The molecule has 6 aromatic rings. The molecule has 1 heterocycles. The highest BCUT2D eigenvalue weighted by Gasteiger charge is 2.38. The Balaban J connectivity index is 1.55. The Morgan fingerprint density at radius 3 is 1.80 bits per heavy atom. The van der Waals surface area contributed by atoms with Crippen molar-refractivity contribution in [2.45, 2.75) is 11.6 Å². The SMILES string of the molecule is N#Cc1cccc(C(O)c2ccccc2-c2cn(C(c3ccccc3)(c3ccccc3)c3ccccc3)cn2)c1. The molecule has 4 heteroatoms. The molecule has 192 valence electrons. The van der Waals surface area contributed by atoms with E-state index in [1.165, 1.54) is 0 Å². The predicted molar refractivity (Wildman–Crippen MR) is 157 cm³/mol. The van der Waals surface area contributed by atoms with E-state index in [1.54, 1.807) is 18.2 Å². The van der Waals surface area contributed by atoms with Gasteiger partial charge in [-0.2, -0.15) is 5.26 Å². The van der Waals surface area contributed by atoms with E-state index in [2.05, 4.69) is 89.6 Å². The maximum Gasteiger partial charge on any atom is 0.121 e. The predicted octanol–water partition coefficient (Wildman–Crippen LogP) is 7.34. The van der Waals surface area contributed by atoms with Crippen LogP contribution in [-0.4, -0.2) is 14.7 Å². The molecule has 1 aromatic heterocycles. The molecule has 0 saturated carbocycles. The summed E-state index contributed by atoms with van der Waals surface area (Å²) in [5, 5.41) is 20.8. The summed E-state index contributed by atoms with van der Waals surface area (Å²) in [5.74, 6) is 0. The fraction of sp³-hybridized carbons (Fsp3) is 0.0556. The van der Waals surface area contributed by atoms with E-state index < -0.39 is 11.6 Å². The number of hydrogen-bond acceptors (Lipinski definition) is 3. The fourth-order valence-electron chi connectivity index (χ4n) is 5.56. The Morgan fingerprint density at radius 2 is 1.23 bits per heavy atom. The first-order chi connectivity index (χ1) is 19.7. The van der Waals surface area contributed by atoms with Gasteiger partial charge in [-0.3, -0.25) is 0 Å². The Kier molecular flexibility index (Phi) is 6.80. The summed E-state index contributed by atoms with van der Waals surface area (Å²) in [6.07, 6.45) is 3.03. The van der Waals surface area contributed by atoms with Crippen LogP contribution in [0.15, 0.2) is 152 Å². The number of benzene rings is 5. The summed E-state index contributed by atoms with van der Waals surface area (Å²) in [6.45, 7) is 0. The first-order valence-electron chi connectivity index (χ1n) is 13.2. The van der Waals surface area contributed by atoms with Crippen molar-refractivity contribution in [3.8, 4) is 17.3 Å². The second-order valence-corrected chi connectivity index (χ2v) is 9.70. The number of rotatable bonds is 7. The van der Waals surface area contributed by atoms with Gasteiger partial charge in [-0.05, 0) is 39.9 Å². The van der Waals surface area contributed by atoms with Crippen LogP contribution >= 0.6 is 0 Å². The monoisotopic (exact) mass is 517 g/mol. The third-order valence-corrected chi connectivity index (χ3v) is 7.41. The Morgan fingerprint density at radius 1 is 0.675 bits per heavy atom. The van der Waals surface area contributed by atoms with Crippen LogP contribution in [0.3, 0.4) is 0 Å². The molecule has 0 aliphatic carbocycles. The van der Waals surface area contributed by atoms with E-state index in [-0.39, 0.29) is 0 Å². The molecule has 4 nitrogen and oxygen atoms in total. The lowest BCUT2D eigenvalue weighted by Gasteiger charge is -2.37. The lowest BCUT2D eigenvalue weighted by atomic mass is 9.76. The van der Waals surface area contributed by atoms with Crippen LogP contribution in [0, 0.1) is 11.3 Å². The number of aromatic nitrogens is 2. The van der Waals surface area contributed by atoms with Gasteiger partial charge >= 0.3 is 0 Å². The van der Waals surface area contributed by atoms with Crippen LogP contribution in [0.2, 0.25) is 0 Å². The smallest absolute Gasteiger partial charge is 0.121 e. The summed E-state index contributed by atoms with van der Waals surface area (Å²) in [4.78, 5) is 4.90. The largest absolute Gasteiger partial charge is 0.384 e. The quantitative estimate of drug-likeness (QED) is 0.225. The van der Waals surface area contributed by atoms with Gasteiger partial charge in [0.1, 0.15) is 11.6 Å². The second-order valence-electron chi connectivity index (χ2n) is 9.70. The maximum absolute atomic E-state index is 11.4. The van der Waals surface area contributed by atoms with E-state index >= 15 is 0 Å². The van der Waals surface area contributed by atoms with Gasteiger partial charge in [0.05, 0.1) is 23.7 Å². The lowest BCUT2D eigenvalue weighted by Crippen LogP contribution is -2.36. The van der Waals surface area contributed by atoms with Crippen LogP contribution in [0.25, 0.3) is 11.3 Å². The molecule has 0 aliphatic heterocycles. The molecule has 6 rings (SSSR count). The van der Waals surface area contributed by atoms with Crippen molar-refractivity contribution in [2.24, 2.45) is 0 Å². The molecule has 40 heavy (non-hydrogen) atoms. The Hall–Kier alpha value is -5.24. The third kappa shape index (κ3) is 4.39. The molecule has 0 aliphatic rings. The van der Waals surface area contributed by atoms with Crippen LogP contribution in [0.4, 0.5) is 0 Å². The van der Waals surface area contributed by atoms with E-state index in [9.17, 15) is 10.4 Å². The molecule has 0 fully saturated rings. The molecule has 1 unspecified atom stereocenters. The fourth-order valence-corrected chi connectivity index (χ4v) is 5.56. The van der Waals surface area contributed by atoms with Gasteiger partial charge in [0.2, 0.25) is 0 Å². The number of hydrogen-bond donors (Lipinski definition) is 1. The highest BCUT2D eigenvalue weighted by Crippen LogP contribution is 2.42. The van der Waals surface area contributed by atoms with Crippen LogP contribution in [-0.2, 0) is 5.54 Å². The number of nitriles is 1. The van der Waals surface area contributed by atoms with Crippen molar-refractivity contribution >= 4 is 0 Å². The van der Waals surface area contributed by atoms with Gasteiger partial charge < -0.3 is 9.67 Å². The zero-order valence-corrected chi connectivity index (χ0v) is 21.8. The second kappa shape index (κ2) is 10.9. The third-order valence-electron chi connectivity index (χ3n) is 7.41. The topological polar surface area (TPSA) is 61.8 Å². The molecule has 0 bridgehead atoms. The molecule has 5 aromatic carbocycles. The summed E-state index contributed by atoms with van der Waals surface area (Å²) in [6, 6.07) is 48.4. The van der Waals surface area contributed by atoms with Crippen LogP contribution < -0.4 is 0 Å². The average molecular weight is 518 g/mol. The standard InChI is InChI=1S/C36H27N3O/c37-24-27-13-12-14-28(23-27)35(40)33-22-11-10-21-32(33)34-25-39(26-38-34)36(29-15-4-1-5-16-29,30-17-6-2-7-18-30)31-19-8-3-9-20-31/h1-23,25-26,35,40H. The van der Waals surface area contributed by atoms with E-state index in [1.807, 2.05) is 54.9 Å². The molecular formula is C36H27N3O. The van der Waals surface area contributed by atoms with E-state index in [0.717, 1.165) is 33.5 Å².